The molecular weight excluding hydrogens is 300 g/mol. The summed E-state index contributed by atoms with van der Waals surface area (Å²) in [6.45, 7) is 0.143. The second-order valence-corrected chi connectivity index (χ2v) is 6.34. The fourth-order valence-corrected chi connectivity index (χ4v) is 2.61. The highest BCUT2D eigenvalue weighted by Gasteiger charge is 2.19. The van der Waals surface area contributed by atoms with Gasteiger partial charge in [0.25, 0.3) is 10.2 Å². The van der Waals surface area contributed by atoms with Crippen LogP contribution < -0.4 is 14.2 Å². The Hall–Kier alpha value is -1.84. The van der Waals surface area contributed by atoms with Crippen LogP contribution in [0.25, 0.3) is 0 Å². The summed E-state index contributed by atoms with van der Waals surface area (Å²) in [5.74, 6) is 0.152. The van der Waals surface area contributed by atoms with Gasteiger partial charge in [0.1, 0.15) is 0 Å². The maximum absolute atomic E-state index is 11.9. The van der Waals surface area contributed by atoms with Crippen LogP contribution in [0.5, 0.6) is 11.5 Å². The quantitative estimate of drug-likeness (QED) is 0.742. The van der Waals surface area contributed by atoms with Gasteiger partial charge in [-0.15, -0.1) is 0 Å². The second-order valence-electron chi connectivity index (χ2n) is 4.48. The number of ether oxygens (including phenoxy) is 2. The van der Waals surface area contributed by atoms with Crippen molar-refractivity contribution < 1.29 is 27.8 Å². The van der Waals surface area contributed by atoms with Crippen molar-refractivity contribution >= 4 is 16.2 Å². The first-order valence-electron chi connectivity index (χ1n) is 6.20. The van der Waals surface area contributed by atoms with E-state index in [1.807, 2.05) is 0 Å². The summed E-state index contributed by atoms with van der Waals surface area (Å²) in [6.07, 6.45) is -0.249. The van der Waals surface area contributed by atoms with Gasteiger partial charge in [0.2, 0.25) is 6.79 Å². The van der Waals surface area contributed by atoms with Gasteiger partial charge in [-0.3, -0.25) is 4.79 Å². The molecule has 1 aromatic carbocycles. The van der Waals surface area contributed by atoms with Crippen LogP contribution in [0.1, 0.15) is 12.0 Å². The largest absolute Gasteiger partial charge is 0.481 e. The lowest BCUT2D eigenvalue weighted by Gasteiger charge is -2.16. The van der Waals surface area contributed by atoms with Crippen LogP contribution in [0, 0.1) is 0 Å². The number of hydrogen-bond donors (Lipinski definition) is 2. The van der Waals surface area contributed by atoms with E-state index in [4.69, 9.17) is 14.6 Å². The molecule has 2 rings (SSSR count). The highest BCUT2D eigenvalue weighted by Crippen LogP contribution is 2.32. The van der Waals surface area contributed by atoms with Crippen LogP contribution in [0.4, 0.5) is 0 Å². The third-order valence-electron chi connectivity index (χ3n) is 2.95. The Balaban J connectivity index is 1.93. The fourth-order valence-electron chi connectivity index (χ4n) is 1.71. The summed E-state index contributed by atoms with van der Waals surface area (Å²) in [6, 6.07) is 5.13. The molecule has 1 aromatic rings. The molecule has 8 nitrogen and oxygen atoms in total. The van der Waals surface area contributed by atoms with E-state index in [0.29, 0.717) is 11.5 Å². The molecule has 0 saturated heterocycles. The molecule has 0 aromatic heterocycles. The zero-order valence-corrected chi connectivity index (χ0v) is 12.2. The molecule has 21 heavy (non-hydrogen) atoms. The fraction of sp³-hybridized carbons (Fsp3) is 0.417. The topological polar surface area (TPSA) is 105 Å². The first-order valence-corrected chi connectivity index (χ1v) is 7.64. The lowest BCUT2D eigenvalue weighted by molar-refractivity contribution is -0.137. The number of carboxylic acid groups (broad SMARTS) is 1. The highest BCUT2D eigenvalue weighted by molar-refractivity contribution is 7.87. The van der Waals surface area contributed by atoms with E-state index in [0.717, 1.165) is 9.87 Å². The summed E-state index contributed by atoms with van der Waals surface area (Å²) in [4.78, 5) is 10.5. The van der Waals surface area contributed by atoms with Gasteiger partial charge in [-0.25, -0.2) is 0 Å². The molecule has 116 valence electrons. The summed E-state index contributed by atoms with van der Waals surface area (Å²) in [7, 11) is -2.40. The Morgan fingerprint density at radius 2 is 2.10 bits per heavy atom. The molecule has 0 atom stereocenters. The molecule has 9 heteroatoms. The van der Waals surface area contributed by atoms with Gasteiger partial charge in [-0.05, 0) is 17.7 Å². The van der Waals surface area contributed by atoms with E-state index in [1.54, 1.807) is 18.2 Å². The van der Waals surface area contributed by atoms with E-state index in [1.165, 1.54) is 7.05 Å². The van der Waals surface area contributed by atoms with E-state index >= 15 is 0 Å². The molecule has 0 spiro atoms. The Kier molecular flexibility index (Phi) is 4.66. The van der Waals surface area contributed by atoms with Crippen LogP contribution in [-0.2, 0) is 21.5 Å². The summed E-state index contributed by atoms with van der Waals surface area (Å²) >= 11 is 0. The van der Waals surface area contributed by atoms with Gasteiger partial charge >= 0.3 is 5.97 Å². The third kappa shape index (κ3) is 4.06. The Morgan fingerprint density at radius 3 is 2.81 bits per heavy atom. The lowest BCUT2D eigenvalue weighted by atomic mass is 10.2. The number of nitrogens with one attached hydrogen (secondary N) is 1. The van der Waals surface area contributed by atoms with Gasteiger partial charge < -0.3 is 14.6 Å². The van der Waals surface area contributed by atoms with Crippen molar-refractivity contribution in [1.82, 2.24) is 9.03 Å². The highest BCUT2D eigenvalue weighted by atomic mass is 32.2. The summed E-state index contributed by atoms with van der Waals surface area (Å²) < 4.78 is 37.6. The average Bonchev–Trinajstić information content (AvgIpc) is 2.89. The second kappa shape index (κ2) is 6.29. The van der Waals surface area contributed by atoms with Crippen LogP contribution in [0.3, 0.4) is 0 Å². The van der Waals surface area contributed by atoms with Crippen LogP contribution >= 0.6 is 0 Å². The lowest BCUT2D eigenvalue weighted by Crippen LogP contribution is -2.38. The number of benzene rings is 1. The molecule has 0 saturated carbocycles. The monoisotopic (exact) mass is 316 g/mol. The Bertz CT molecular complexity index is 631. The number of hydrogen-bond acceptors (Lipinski definition) is 5. The van der Waals surface area contributed by atoms with Gasteiger partial charge in [0.15, 0.2) is 11.5 Å². The van der Waals surface area contributed by atoms with E-state index < -0.39 is 16.2 Å². The molecule has 0 bridgehead atoms. The van der Waals surface area contributed by atoms with Crippen molar-refractivity contribution in [1.29, 1.82) is 0 Å². The SMILES string of the molecule is CN(CCC(=O)O)S(=O)(=O)NCc1ccc2c(c1)OCO2. The number of rotatable bonds is 7. The first kappa shape index (κ1) is 15.5. The number of carbonyl (C=O) groups is 1. The van der Waals surface area contributed by atoms with E-state index in [-0.39, 0.29) is 26.3 Å². The van der Waals surface area contributed by atoms with Crippen LogP contribution in [0.15, 0.2) is 18.2 Å². The van der Waals surface area contributed by atoms with Gasteiger partial charge in [0.05, 0.1) is 6.42 Å². The molecule has 1 heterocycles. The number of nitrogens with zero attached hydrogens (tertiary/aromatic N) is 1. The van der Waals surface area contributed by atoms with Gasteiger partial charge in [-0.2, -0.15) is 17.4 Å². The van der Waals surface area contributed by atoms with Crippen molar-refractivity contribution in [3.63, 3.8) is 0 Å². The number of carboxylic acids is 1. The molecule has 1 aliphatic heterocycles. The van der Waals surface area contributed by atoms with Gasteiger partial charge in [0, 0.05) is 20.1 Å². The predicted octanol–water partition coefficient (Wildman–Crippen LogP) is 0.156. The Labute approximate surface area is 122 Å². The first-order chi connectivity index (χ1) is 9.88. The van der Waals surface area contributed by atoms with Crippen molar-refractivity contribution in [3.8, 4) is 11.5 Å². The standard InChI is InChI=1S/C12H16N2O6S/c1-14(5-4-12(15)16)21(17,18)13-7-9-2-3-10-11(6-9)20-8-19-10/h2-3,6,13H,4-5,7-8H2,1H3,(H,15,16). The van der Waals surface area contributed by atoms with E-state index in [9.17, 15) is 13.2 Å². The zero-order valence-electron chi connectivity index (χ0n) is 11.4. The van der Waals surface area contributed by atoms with E-state index in [2.05, 4.69) is 4.72 Å². The predicted molar refractivity (Wildman–Crippen MR) is 73.2 cm³/mol. The number of aliphatic carboxylic acids is 1. The minimum Gasteiger partial charge on any atom is -0.481 e. The average molecular weight is 316 g/mol. The minimum absolute atomic E-state index is 0.0797. The molecule has 2 N–H and O–H groups in total. The van der Waals surface area contributed by atoms with Crippen molar-refractivity contribution in [2.24, 2.45) is 0 Å². The smallest absolute Gasteiger partial charge is 0.304 e. The maximum atomic E-state index is 11.9. The molecule has 0 radical (unpaired) electrons. The molecule has 0 fully saturated rings. The van der Waals surface area contributed by atoms with Crippen molar-refractivity contribution in [2.45, 2.75) is 13.0 Å². The summed E-state index contributed by atoms with van der Waals surface area (Å²) in [5.41, 5.74) is 0.717. The molecule has 1 aliphatic rings. The molecule has 0 unspecified atom stereocenters. The third-order valence-corrected chi connectivity index (χ3v) is 4.46. The van der Waals surface area contributed by atoms with Crippen LogP contribution in [0.2, 0.25) is 0 Å². The minimum atomic E-state index is -3.72. The normalized spacial score (nSPS) is 13.6. The zero-order chi connectivity index (χ0) is 15.5. The number of fused-ring (bicyclic) bond motifs is 1. The molecule has 0 amide bonds. The van der Waals surface area contributed by atoms with Gasteiger partial charge in [-0.1, -0.05) is 6.07 Å². The maximum Gasteiger partial charge on any atom is 0.304 e. The Morgan fingerprint density at radius 1 is 1.38 bits per heavy atom. The van der Waals surface area contributed by atoms with Crippen molar-refractivity contribution in [3.05, 3.63) is 23.8 Å². The molecule has 0 aliphatic carbocycles. The summed E-state index contributed by atoms with van der Waals surface area (Å²) in [5, 5.41) is 8.56. The van der Waals surface area contributed by atoms with Crippen molar-refractivity contribution in [2.75, 3.05) is 20.4 Å². The molecular formula is C12H16N2O6S. The van der Waals surface area contributed by atoms with Crippen LogP contribution in [-0.4, -0.2) is 44.2 Å².